The second-order valence-corrected chi connectivity index (χ2v) is 21.5. The Morgan fingerprint density at radius 1 is 0.486 bits per heavy atom. The summed E-state index contributed by atoms with van der Waals surface area (Å²) in [5.74, 6) is -0.235. The molecule has 0 aromatic heterocycles. The molecule has 2 aliphatic heterocycles. The van der Waals surface area contributed by atoms with Gasteiger partial charge >= 0.3 is 0 Å². The fraction of sp³-hybridized carbons (Fsp3) is 0.948. The summed E-state index contributed by atoms with van der Waals surface area (Å²) in [4.78, 5) is 13.2. The van der Waals surface area contributed by atoms with Gasteiger partial charge in [0.15, 0.2) is 12.6 Å². The standard InChI is InChI=1S/C58H111NO13/c1-3-5-7-9-11-13-15-16-17-18-19-20-21-22-23-24-25-26-27-28-29-30-32-34-36-38-40-42-50(63)59-46(47(62)41-39-37-35-33-31-14-12-10-8-6-4-2)45-69-57-55(68)53(66)56(49(44-61)71-57)72-58-54(67)52(65)51(64)48(43-60)70-58/h39,41,46-49,51-58,60-62,64-68H,3-38,40,42-45H2,1-2H3,(H,59,63)/b41-39+/t46-,47+,48+,49+,51-,52?,53?,54?,55?,56+,57+,58-/m0/s1. The van der Waals surface area contributed by atoms with Gasteiger partial charge in [-0.1, -0.05) is 244 Å². The molecule has 0 radical (unpaired) electrons. The molecule has 0 aliphatic carbocycles. The molecule has 1 amide bonds. The molecule has 14 nitrogen and oxygen atoms in total. The van der Waals surface area contributed by atoms with Crippen LogP contribution in [0.4, 0.5) is 0 Å². The first-order valence-corrected chi connectivity index (χ1v) is 29.9. The lowest BCUT2D eigenvalue weighted by atomic mass is 9.97. The molecule has 0 saturated carbocycles. The van der Waals surface area contributed by atoms with Crippen LogP contribution in [0.25, 0.3) is 0 Å². The number of aliphatic hydroxyl groups is 8. The van der Waals surface area contributed by atoms with Crippen LogP contribution < -0.4 is 5.32 Å². The van der Waals surface area contributed by atoms with Crippen LogP contribution in [0.15, 0.2) is 12.2 Å². The number of carbonyl (C=O) groups excluding carboxylic acids is 1. The van der Waals surface area contributed by atoms with E-state index in [1.807, 2.05) is 6.08 Å². The number of unbranched alkanes of at least 4 members (excludes halogenated alkanes) is 35. The Morgan fingerprint density at radius 2 is 0.861 bits per heavy atom. The second-order valence-electron chi connectivity index (χ2n) is 21.5. The van der Waals surface area contributed by atoms with E-state index < -0.39 is 86.8 Å². The highest BCUT2D eigenvalue weighted by Crippen LogP contribution is 2.30. The molecule has 72 heavy (non-hydrogen) atoms. The Morgan fingerprint density at radius 3 is 1.28 bits per heavy atom. The number of ether oxygens (including phenoxy) is 4. The Bertz CT molecular complexity index is 1260. The minimum Gasteiger partial charge on any atom is -0.394 e. The van der Waals surface area contributed by atoms with Gasteiger partial charge in [-0.05, 0) is 19.3 Å². The zero-order chi connectivity index (χ0) is 52.4. The highest BCUT2D eigenvalue weighted by atomic mass is 16.7. The summed E-state index contributed by atoms with van der Waals surface area (Å²) in [6.45, 7) is 2.80. The van der Waals surface area contributed by atoms with Gasteiger partial charge in [0.1, 0.15) is 48.8 Å². The first-order valence-electron chi connectivity index (χ1n) is 29.9. The smallest absolute Gasteiger partial charge is 0.220 e. The van der Waals surface area contributed by atoms with E-state index in [1.165, 1.54) is 193 Å². The molecule has 0 aromatic rings. The first kappa shape index (κ1) is 66.8. The van der Waals surface area contributed by atoms with E-state index in [0.29, 0.717) is 6.42 Å². The largest absolute Gasteiger partial charge is 0.394 e. The third-order valence-corrected chi connectivity index (χ3v) is 15.0. The maximum atomic E-state index is 13.2. The fourth-order valence-electron chi connectivity index (χ4n) is 10.1. The molecule has 0 bridgehead atoms. The number of carbonyl (C=O) groups is 1. The second kappa shape index (κ2) is 44.8. The van der Waals surface area contributed by atoms with Gasteiger partial charge in [0.05, 0.1) is 32.0 Å². The Balaban J connectivity index is 1.67. The SMILES string of the molecule is CCCCCCCCCCC/C=C/[C@@H](O)[C@H](CO[C@@H]1O[C@H](CO)[C@@H](O[C@@H]2O[C@H](CO)[C@H](O)C(O)C2O)C(O)C1O)NC(=O)CCCCCCCCCCCCCCCCCCCCCCCCCCCCC. The zero-order valence-electron chi connectivity index (χ0n) is 45.7. The van der Waals surface area contributed by atoms with Gasteiger partial charge in [0.2, 0.25) is 5.91 Å². The molecule has 4 unspecified atom stereocenters. The van der Waals surface area contributed by atoms with Crippen LogP contribution in [0.1, 0.15) is 258 Å². The van der Waals surface area contributed by atoms with Crippen molar-refractivity contribution in [2.45, 2.75) is 331 Å². The lowest BCUT2D eigenvalue weighted by Gasteiger charge is -2.46. The van der Waals surface area contributed by atoms with Crippen LogP contribution in [-0.2, 0) is 23.7 Å². The molecule has 0 aromatic carbocycles. The topological polar surface area (TPSA) is 228 Å². The van der Waals surface area contributed by atoms with E-state index in [-0.39, 0.29) is 18.9 Å². The highest BCUT2D eigenvalue weighted by molar-refractivity contribution is 5.76. The van der Waals surface area contributed by atoms with Crippen LogP contribution in [0.2, 0.25) is 0 Å². The van der Waals surface area contributed by atoms with Crippen molar-refractivity contribution in [2.24, 2.45) is 0 Å². The molecule has 2 fully saturated rings. The summed E-state index contributed by atoms with van der Waals surface area (Å²) in [5, 5.41) is 86.9. The summed E-state index contributed by atoms with van der Waals surface area (Å²) in [6.07, 6.45) is 34.2. The normalized spacial score (nSPS) is 25.6. The van der Waals surface area contributed by atoms with Crippen LogP contribution >= 0.6 is 0 Å². The minimum absolute atomic E-state index is 0.235. The minimum atomic E-state index is -1.78. The molecular weight excluding hydrogens is 919 g/mol. The number of amides is 1. The van der Waals surface area contributed by atoms with E-state index in [2.05, 4.69) is 19.2 Å². The third kappa shape index (κ3) is 30.5. The number of aliphatic hydroxyl groups excluding tert-OH is 8. The molecule has 14 heteroatoms. The van der Waals surface area contributed by atoms with Crippen molar-refractivity contribution in [3.8, 4) is 0 Å². The molecule has 2 rings (SSSR count). The maximum Gasteiger partial charge on any atom is 0.220 e. The number of nitrogens with one attached hydrogen (secondary N) is 1. The van der Waals surface area contributed by atoms with E-state index in [1.54, 1.807) is 6.08 Å². The average molecular weight is 1030 g/mol. The van der Waals surface area contributed by atoms with Crippen LogP contribution in [0.3, 0.4) is 0 Å². The summed E-state index contributed by atoms with van der Waals surface area (Å²) in [5.41, 5.74) is 0. The zero-order valence-corrected chi connectivity index (χ0v) is 45.7. The van der Waals surface area contributed by atoms with Crippen molar-refractivity contribution in [1.82, 2.24) is 5.32 Å². The van der Waals surface area contributed by atoms with E-state index in [0.717, 1.165) is 38.5 Å². The summed E-state index contributed by atoms with van der Waals surface area (Å²) in [6, 6.07) is -0.908. The molecule has 2 heterocycles. The molecule has 426 valence electrons. The molecule has 9 N–H and O–H groups in total. The number of allylic oxidation sites excluding steroid dienone is 1. The van der Waals surface area contributed by atoms with Crippen LogP contribution in [-0.4, -0.2) is 140 Å². The van der Waals surface area contributed by atoms with E-state index in [9.17, 15) is 45.6 Å². The Labute approximate surface area is 437 Å². The first-order chi connectivity index (χ1) is 35.1. The molecule has 0 spiro atoms. The number of hydrogen-bond donors (Lipinski definition) is 9. The Hall–Kier alpha value is -1.27. The summed E-state index contributed by atoms with van der Waals surface area (Å²) in [7, 11) is 0. The van der Waals surface area contributed by atoms with Crippen LogP contribution in [0, 0.1) is 0 Å². The molecule has 2 aliphatic rings. The van der Waals surface area contributed by atoms with Crippen molar-refractivity contribution in [1.29, 1.82) is 0 Å². The number of hydrogen-bond acceptors (Lipinski definition) is 13. The summed E-state index contributed by atoms with van der Waals surface area (Å²) >= 11 is 0. The Kier molecular flexibility index (Phi) is 41.6. The van der Waals surface area contributed by atoms with Gasteiger partial charge < -0.3 is 65.1 Å². The van der Waals surface area contributed by atoms with E-state index >= 15 is 0 Å². The van der Waals surface area contributed by atoms with Crippen molar-refractivity contribution < 1.29 is 64.6 Å². The quantitative estimate of drug-likeness (QED) is 0.0205. The molecular formula is C58H111NO13. The van der Waals surface area contributed by atoms with Gasteiger partial charge in [-0.25, -0.2) is 0 Å². The van der Waals surface area contributed by atoms with Crippen molar-refractivity contribution in [2.75, 3.05) is 19.8 Å². The van der Waals surface area contributed by atoms with E-state index in [4.69, 9.17) is 18.9 Å². The van der Waals surface area contributed by atoms with Crippen LogP contribution in [0.5, 0.6) is 0 Å². The predicted molar refractivity (Wildman–Crippen MR) is 286 cm³/mol. The summed E-state index contributed by atoms with van der Waals surface area (Å²) < 4.78 is 22.7. The highest BCUT2D eigenvalue weighted by Gasteiger charge is 2.51. The fourth-order valence-corrected chi connectivity index (χ4v) is 10.1. The lowest BCUT2D eigenvalue weighted by molar-refractivity contribution is -0.359. The van der Waals surface area contributed by atoms with Gasteiger partial charge in [0.25, 0.3) is 0 Å². The number of rotatable bonds is 48. The maximum absolute atomic E-state index is 13.2. The predicted octanol–water partition coefficient (Wildman–Crippen LogP) is 9.89. The molecule has 2 saturated heterocycles. The van der Waals surface area contributed by atoms with Crippen molar-refractivity contribution in [3.05, 3.63) is 12.2 Å². The average Bonchev–Trinajstić information content (AvgIpc) is 3.38. The van der Waals surface area contributed by atoms with Gasteiger partial charge in [-0.15, -0.1) is 0 Å². The van der Waals surface area contributed by atoms with Crippen molar-refractivity contribution >= 4 is 5.91 Å². The van der Waals surface area contributed by atoms with Gasteiger partial charge in [-0.3, -0.25) is 4.79 Å². The monoisotopic (exact) mass is 1030 g/mol. The third-order valence-electron chi connectivity index (χ3n) is 15.0. The van der Waals surface area contributed by atoms with Gasteiger partial charge in [-0.2, -0.15) is 0 Å². The van der Waals surface area contributed by atoms with Gasteiger partial charge in [0, 0.05) is 6.42 Å². The van der Waals surface area contributed by atoms with Crippen molar-refractivity contribution in [3.63, 3.8) is 0 Å². The molecule has 12 atom stereocenters. The lowest BCUT2D eigenvalue weighted by Crippen LogP contribution is -2.65.